The molecule has 19 heavy (non-hydrogen) atoms. The number of nitrogens with zero attached hydrogens (tertiary/aromatic N) is 3. The molecule has 0 atom stereocenters. The summed E-state index contributed by atoms with van der Waals surface area (Å²) in [5, 5.41) is 7.16. The molecule has 0 unspecified atom stereocenters. The summed E-state index contributed by atoms with van der Waals surface area (Å²) in [5.74, 6) is 0.0422. The van der Waals surface area contributed by atoms with Crippen molar-refractivity contribution in [1.82, 2.24) is 14.6 Å². The maximum absolute atomic E-state index is 11.5. The van der Waals surface area contributed by atoms with Gasteiger partial charge in [0.05, 0.1) is 18.1 Å². The molecule has 3 aromatic rings. The first-order valence-electron chi connectivity index (χ1n) is 6.02. The smallest absolute Gasteiger partial charge is 0.228 e. The summed E-state index contributed by atoms with van der Waals surface area (Å²) in [6.45, 7) is 0. The van der Waals surface area contributed by atoms with Crippen LogP contribution in [0.1, 0.15) is 5.56 Å². The molecule has 2 aromatic heterocycles. The summed E-state index contributed by atoms with van der Waals surface area (Å²) in [6, 6.07) is 7.82. The third-order valence-electron chi connectivity index (χ3n) is 3.41. The average Bonchev–Trinajstić information content (AvgIpc) is 3.00. The monoisotopic (exact) mass is 250 g/mol. The van der Waals surface area contributed by atoms with Gasteiger partial charge in [0.1, 0.15) is 6.33 Å². The fourth-order valence-corrected chi connectivity index (χ4v) is 2.55. The van der Waals surface area contributed by atoms with Gasteiger partial charge in [-0.1, -0.05) is 12.1 Å². The lowest BCUT2D eigenvalue weighted by Crippen LogP contribution is -2.03. The molecule has 3 heterocycles. The van der Waals surface area contributed by atoms with E-state index < -0.39 is 0 Å². The first-order chi connectivity index (χ1) is 9.33. The third-order valence-corrected chi connectivity index (χ3v) is 3.41. The van der Waals surface area contributed by atoms with Crippen molar-refractivity contribution in [2.75, 3.05) is 5.32 Å². The van der Waals surface area contributed by atoms with E-state index in [0.717, 1.165) is 27.9 Å². The van der Waals surface area contributed by atoms with Gasteiger partial charge in [-0.25, -0.2) is 9.50 Å². The second-order valence-corrected chi connectivity index (χ2v) is 4.52. The van der Waals surface area contributed by atoms with Crippen LogP contribution >= 0.6 is 0 Å². The molecule has 0 saturated carbocycles. The van der Waals surface area contributed by atoms with E-state index in [2.05, 4.69) is 15.4 Å². The van der Waals surface area contributed by atoms with E-state index in [4.69, 9.17) is 0 Å². The molecule has 5 nitrogen and oxygen atoms in total. The van der Waals surface area contributed by atoms with Gasteiger partial charge in [-0.05, 0) is 23.3 Å². The highest BCUT2D eigenvalue weighted by Gasteiger charge is 2.22. The number of carbonyl (C=O) groups excluding carboxylic acids is 1. The molecule has 1 aliphatic rings. The zero-order valence-corrected chi connectivity index (χ0v) is 10.00. The molecule has 4 rings (SSSR count). The standard InChI is InChI=1S/C14H10N4O/c19-14-6-10-9(2-1-3-12(10)17-14)11-7-16-18-8-15-5-4-13(11)18/h1-5,7-8H,6H2,(H,17,19). The van der Waals surface area contributed by atoms with Crippen molar-refractivity contribution in [1.29, 1.82) is 0 Å². The first-order valence-corrected chi connectivity index (χ1v) is 6.02. The Bertz CT molecular complexity index is 806. The number of rotatable bonds is 1. The van der Waals surface area contributed by atoms with Gasteiger partial charge in [0.2, 0.25) is 5.91 Å². The van der Waals surface area contributed by atoms with E-state index in [1.54, 1.807) is 17.0 Å². The van der Waals surface area contributed by atoms with Crippen LogP contribution < -0.4 is 5.32 Å². The zero-order valence-electron chi connectivity index (χ0n) is 10.00. The molecule has 0 spiro atoms. The van der Waals surface area contributed by atoms with Crippen LogP contribution in [0.2, 0.25) is 0 Å². The third kappa shape index (κ3) is 1.45. The maximum atomic E-state index is 11.5. The van der Waals surface area contributed by atoms with Crippen molar-refractivity contribution in [2.45, 2.75) is 6.42 Å². The number of benzene rings is 1. The van der Waals surface area contributed by atoms with Crippen molar-refractivity contribution in [3.05, 3.63) is 48.5 Å². The Labute approximate surface area is 108 Å². The SMILES string of the molecule is O=C1Cc2c(cccc2-c2cnn3cnccc23)N1. The van der Waals surface area contributed by atoms with Gasteiger partial charge in [0, 0.05) is 17.4 Å². The van der Waals surface area contributed by atoms with E-state index in [0.29, 0.717) is 6.42 Å². The Hall–Kier alpha value is -2.69. The molecule has 1 N–H and O–H groups in total. The Morgan fingerprint density at radius 3 is 3.11 bits per heavy atom. The van der Waals surface area contributed by atoms with E-state index in [1.807, 2.05) is 30.5 Å². The van der Waals surface area contributed by atoms with Crippen LogP contribution in [0.5, 0.6) is 0 Å². The minimum absolute atomic E-state index is 0.0422. The molecule has 0 fully saturated rings. The molecule has 0 bridgehead atoms. The molecule has 1 amide bonds. The Morgan fingerprint density at radius 2 is 2.16 bits per heavy atom. The summed E-state index contributed by atoms with van der Waals surface area (Å²) in [6.07, 6.45) is 5.65. The second-order valence-electron chi connectivity index (χ2n) is 4.52. The molecule has 92 valence electrons. The highest BCUT2D eigenvalue weighted by Crippen LogP contribution is 2.34. The van der Waals surface area contributed by atoms with Crippen molar-refractivity contribution in [3.63, 3.8) is 0 Å². The number of nitrogens with one attached hydrogen (secondary N) is 1. The Morgan fingerprint density at radius 1 is 1.21 bits per heavy atom. The average molecular weight is 250 g/mol. The van der Waals surface area contributed by atoms with Crippen LogP contribution in [-0.2, 0) is 11.2 Å². The summed E-state index contributed by atoms with van der Waals surface area (Å²) in [7, 11) is 0. The van der Waals surface area contributed by atoms with Gasteiger partial charge in [0.15, 0.2) is 0 Å². The zero-order chi connectivity index (χ0) is 12.8. The van der Waals surface area contributed by atoms with E-state index in [-0.39, 0.29) is 5.91 Å². The number of aromatic nitrogens is 3. The molecule has 1 aliphatic heterocycles. The van der Waals surface area contributed by atoms with Crippen LogP contribution in [0.4, 0.5) is 5.69 Å². The number of hydrogen-bond donors (Lipinski definition) is 1. The number of anilines is 1. The maximum Gasteiger partial charge on any atom is 0.228 e. The first kappa shape index (κ1) is 10.3. The largest absolute Gasteiger partial charge is 0.326 e. The summed E-state index contributed by atoms with van der Waals surface area (Å²) in [5.41, 5.74) is 5.01. The van der Waals surface area contributed by atoms with Crippen molar-refractivity contribution < 1.29 is 4.79 Å². The minimum atomic E-state index is 0.0422. The van der Waals surface area contributed by atoms with Crippen LogP contribution in [0.3, 0.4) is 0 Å². The van der Waals surface area contributed by atoms with Gasteiger partial charge < -0.3 is 5.32 Å². The summed E-state index contributed by atoms with van der Waals surface area (Å²) in [4.78, 5) is 15.6. The topological polar surface area (TPSA) is 59.3 Å². The molecular formula is C14H10N4O. The van der Waals surface area contributed by atoms with Crippen LogP contribution in [0.15, 0.2) is 43.0 Å². The number of amides is 1. The van der Waals surface area contributed by atoms with Crippen LogP contribution in [0, 0.1) is 0 Å². The normalized spacial score (nSPS) is 13.6. The highest BCUT2D eigenvalue weighted by molar-refractivity contribution is 6.02. The Balaban J connectivity index is 1.99. The van der Waals surface area contributed by atoms with Gasteiger partial charge >= 0.3 is 0 Å². The number of carbonyl (C=O) groups is 1. The van der Waals surface area contributed by atoms with Gasteiger partial charge in [-0.3, -0.25) is 4.79 Å². The van der Waals surface area contributed by atoms with Crippen molar-refractivity contribution in [3.8, 4) is 11.1 Å². The predicted molar refractivity (Wildman–Crippen MR) is 70.8 cm³/mol. The number of fused-ring (bicyclic) bond motifs is 2. The predicted octanol–water partition coefficient (Wildman–Crippen LogP) is 1.89. The fraction of sp³-hybridized carbons (Fsp3) is 0.0714. The second kappa shape index (κ2) is 3.65. The fourth-order valence-electron chi connectivity index (χ4n) is 2.55. The minimum Gasteiger partial charge on any atom is -0.326 e. The highest BCUT2D eigenvalue weighted by atomic mass is 16.1. The lowest BCUT2D eigenvalue weighted by atomic mass is 9.99. The molecular weight excluding hydrogens is 240 g/mol. The van der Waals surface area contributed by atoms with E-state index in [1.165, 1.54) is 0 Å². The molecule has 0 aliphatic carbocycles. The molecule has 0 radical (unpaired) electrons. The van der Waals surface area contributed by atoms with Crippen molar-refractivity contribution in [2.24, 2.45) is 0 Å². The quantitative estimate of drug-likeness (QED) is 0.717. The number of hydrogen-bond acceptors (Lipinski definition) is 3. The lowest BCUT2D eigenvalue weighted by molar-refractivity contribution is -0.115. The van der Waals surface area contributed by atoms with Gasteiger partial charge in [-0.2, -0.15) is 5.10 Å². The Kier molecular flexibility index (Phi) is 1.97. The van der Waals surface area contributed by atoms with E-state index in [9.17, 15) is 4.79 Å². The molecule has 1 aromatic carbocycles. The van der Waals surface area contributed by atoms with Gasteiger partial charge in [0.25, 0.3) is 0 Å². The van der Waals surface area contributed by atoms with Crippen LogP contribution in [0.25, 0.3) is 16.6 Å². The summed E-state index contributed by atoms with van der Waals surface area (Å²) >= 11 is 0. The van der Waals surface area contributed by atoms with E-state index >= 15 is 0 Å². The lowest BCUT2D eigenvalue weighted by Gasteiger charge is -2.05. The molecule has 0 saturated heterocycles. The molecule has 5 heteroatoms. The van der Waals surface area contributed by atoms with Gasteiger partial charge in [-0.15, -0.1) is 0 Å². The van der Waals surface area contributed by atoms with Crippen LogP contribution in [-0.4, -0.2) is 20.5 Å². The summed E-state index contributed by atoms with van der Waals surface area (Å²) < 4.78 is 1.74. The van der Waals surface area contributed by atoms with Crippen molar-refractivity contribution >= 4 is 17.1 Å².